The lowest BCUT2D eigenvalue weighted by Gasteiger charge is -1.81. The van der Waals surface area contributed by atoms with Crippen LogP contribution >= 0.6 is 0 Å². The summed E-state index contributed by atoms with van der Waals surface area (Å²) in [7, 11) is 0. The fourth-order valence-electron chi connectivity index (χ4n) is 0.278. The third-order valence-electron chi connectivity index (χ3n) is 1.25. The van der Waals surface area contributed by atoms with Gasteiger partial charge in [0.25, 0.3) is 0 Å². The van der Waals surface area contributed by atoms with Crippen LogP contribution in [0.1, 0.15) is 47.5 Å². The molecule has 0 amide bonds. The van der Waals surface area contributed by atoms with Gasteiger partial charge < -0.3 is 0 Å². The lowest BCUT2D eigenvalue weighted by atomic mass is 10.4. The first kappa shape index (κ1) is 13.0. The second-order valence-corrected chi connectivity index (χ2v) is 2.32. The third-order valence-corrected chi connectivity index (χ3v) is 1.25. The topological polar surface area (TPSA) is 12.4 Å². The molecule has 0 aromatic heterocycles. The monoisotopic (exact) mass is 155 g/mol. The quantitative estimate of drug-likeness (QED) is 0.538. The molecule has 0 aliphatic carbocycles. The van der Waals surface area contributed by atoms with Crippen molar-refractivity contribution in [3.8, 4) is 0 Å². The molecular weight excluding hydrogens is 134 g/mol. The molecule has 1 heteroatoms. The van der Waals surface area contributed by atoms with Gasteiger partial charge in [0.15, 0.2) is 0 Å². The average Bonchev–Trinajstić information content (AvgIpc) is 2.05. The van der Waals surface area contributed by atoms with Crippen LogP contribution in [0, 0.1) is 0 Å². The zero-order valence-electron chi connectivity index (χ0n) is 8.52. The van der Waals surface area contributed by atoms with E-state index in [9.17, 15) is 0 Å². The van der Waals surface area contributed by atoms with Crippen molar-refractivity contribution in [2.45, 2.75) is 47.5 Å². The van der Waals surface area contributed by atoms with E-state index in [1.165, 1.54) is 12.8 Å². The van der Waals surface area contributed by atoms with Crippen LogP contribution < -0.4 is 0 Å². The van der Waals surface area contributed by atoms with Crippen molar-refractivity contribution < 1.29 is 0 Å². The molecule has 66 valence electrons. The molecule has 1 nitrogen and oxygen atoms in total. The number of aliphatic imine (C=N–C) groups is 1. The summed E-state index contributed by atoms with van der Waals surface area (Å²) >= 11 is 0. The van der Waals surface area contributed by atoms with Crippen LogP contribution in [-0.2, 0) is 0 Å². The van der Waals surface area contributed by atoms with E-state index < -0.39 is 0 Å². The van der Waals surface area contributed by atoms with Crippen LogP contribution in [-0.4, -0.2) is 6.21 Å². The molecule has 11 heavy (non-hydrogen) atoms. The summed E-state index contributed by atoms with van der Waals surface area (Å²) in [5.74, 6) is 0. The molecule has 0 atom stereocenters. The van der Waals surface area contributed by atoms with Crippen molar-refractivity contribution in [3.05, 3.63) is 11.8 Å². The predicted octanol–water partition coefficient (Wildman–Crippen LogP) is 3.81. The molecule has 0 radical (unpaired) electrons. The molecule has 0 aliphatic rings. The van der Waals surface area contributed by atoms with Gasteiger partial charge in [-0.05, 0) is 20.8 Å². The van der Waals surface area contributed by atoms with Gasteiger partial charge in [-0.25, -0.2) is 0 Å². The standard InChI is InChI=1S/C6H11N.C4H10/c1-4-6(3)7-5-2;1-3-4-2/h4-5H,1-3H3;3-4H2,1-2H3/b6-4-,7-5?;. The van der Waals surface area contributed by atoms with Crippen LogP contribution in [0.5, 0.6) is 0 Å². The van der Waals surface area contributed by atoms with E-state index in [1.54, 1.807) is 6.21 Å². The normalized spacial score (nSPS) is 11.2. The van der Waals surface area contributed by atoms with Crippen LogP contribution in [0.15, 0.2) is 16.8 Å². The molecule has 0 bridgehead atoms. The van der Waals surface area contributed by atoms with Gasteiger partial charge >= 0.3 is 0 Å². The Kier molecular flexibility index (Phi) is 14.4. The van der Waals surface area contributed by atoms with E-state index >= 15 is 0 Å². The summed E-state index contributed by atoms with van der Waals surface area (Å²) in [4.78, 5) is 3.98. The maximum atomic E-state index is 3.98. The first-order valence-electron chi connectivity index (χ1n) is 4.34. The Morgan fingerprint density at radius 1 is 1.18 bits per heavy atom. The highest BCUT2D eigenvalue weighted by atomic mass is 14.7. The van der Waals surface area contributed by atoms with E-state index in [4.69, 9.17) is 0 Å². The summed E-state index contributed by atoms with van der Waals surface area (Å²) in [6.45, 7) is 10.2. The zero-order valence-corrected chi connectivity index (χ0v) is 8.52. The summed E-state index contributed by atoms with van der Waals surface area (Å²) in [6, 6.07) is 0. The molecule has 0 fully saturated rings. The molecule has 0 aliphatic heterocycles. The SMILES string of the molecule is CC=N/C(C)=C\C.CCCC. The lowest BCUT2D eigenvalue weighted by molar-refractivity contribution is 0.886. The first-order valence-corrected chi connectivity index (χ1v) is 4.34. The number of rotatable bonds is 2. The molecular formula is C10H21N. The van der Waals surface area contributed by atoms with Crippen molar-refractivity contribution in [3.63, 3.8) is 0 Å². The van der Waals surface area contributed by atoms with E-state index in [-0.39, 0.29) is 0 Å². The second-order valence-electron chi connectivity index (χ2n) is 2.32. The largest absolute Gasteiger partial charge is 0.267 e. The molecule has 0 spiro atoms. The van der Waals surface area contributed by atoms with Gasteiger partial charge in [-0.3, -0.25) is 4.99 Å². The van der Waals surface area contributed by atoms with Crippen molar-refractivity contribution in [2.75, 3.05) is 0 Å². The molecule has 0 unspecified atom stereocenters. The smallest absolute Gasteiger partial charge is 0.0326 e. The van der Waals surface area contributed by atoms with Gasteiger partial charge in [-0.1, -0.05) is 32.8 Å². The zero-order chi connectivity index (χ0) is 9.11. The fraction of sp³-hybridized carbons (Fsp3) is 0.700. The maximum absolute atomic E-state index is 3.98. The molecule has 0 N–H and O–H groups in total. The Labute approximate surface area is 71.2 Å². The highest BCUT2D eigenvalue weighted by Gasteiger charge is 1.70. The number of allylic oxidation sites excluding steroid dienone is 2. The van der Waals surface area contributed by atoms with Crippen molar-refractivity contribution >= 4 is 6.21 Å². The van der Waals surface area contributed by atoms with Crippen molar-refractivity contribution in [1.29, 1.82) is 0 Å². The van der Waals surface area contributed by atoms with Gasteiger partial charge in [0, 0.05) is 11.9 Å². The highest BCUT2D eigenvalue weighted by Crippen LogP contribution is 1.89. The van der Waals surface area contributed by atoms with Crippen LogP contribution in [0.3, 0.4) is 0 Å². The number of hydrogen-bond donors (Lipinski definition) is 0. The van der Waals surface area contributed by atoms with Crippen molar-refractivity contribution in [1.82, 2.24) is 0 Å². The summed E-state index contributed by atoms with van der Waals surface area (Å²) in [5, 5.41) is 0. The van der Waals surface area contributed by atoms with Gasteiger partial charge in [0.2, 0.25) is 0 Å². The average molecular weight is 155 g/mol. The number of unbranched alkanes of at least 4 members (excludes halogenated alkanes) is 1. The minimum atomic E-state index is 1.07. The maximum Gasteiger partial charge on any atom is 0.0326 e. The number of nitrogens with zero attached hydrogens (tertiary/aromatic N) is 1. The van der Waals surface area contributed by atoms with Crippen LogP contribution in [0.25, 0.3) is 0 Å². The second kappa shape index (κ2) is 12.1. The molecule has 0 heterocycles. The molecule has 0 saturated carbocycles. The Morgan fingerprint density at radius 3 is 1.73 bits per heavy atom. The van der Waals surface area contributed by atoms with Gasteiger partial charge in [-0.15, -0.1) is 0 Å². The predicted molar refractivity (Wildman–Crippen MR) is 54.2 cm³/mol. The molecule has 0 rings (SSSR count). The summed E-state index contributed by atoms with van der Waals surface area (Å²) in [5.41, 5.74) is 1.07. The molecule has 0 aromatic rings. The Hall–Kier alpha value is -0.590. The van der Waals surface area contributed by atoms with E-state index in [2.05, 4.69) is 18.8 Å². The molecule has 0 saturated heterocycles. The summed E-state index contributed by atoms with van der Waals surface area (Å²) < 4.78 is 0. The molecule has 0 aromatic carbocycles. The fourth-order valence-corrected chi connectivity index (χ4v) is 0.278. The van der Waals surface area contributed by atoms with E-state index in [1.807, 2.05) is 26.8 Å². The highest BCUT2D eigenvalue weighted by molar-refractivity contribution is 5.54. The Bertz CT molecular complexity index is 110. The van der Waals surface area contributed by atoms with Crippen LogP contribution in [0.4, 0.5) is 0 Å². The first-order chi connectivity index (χ1) is 5.22. The van der Waals surface area contributed by atoms with E-state index in [0.29, 0.717) is 0 Å². The lowest BCUT2D eigenvalue weighted by Crippen LogP contribution is -1.64. The van der Waals surface area contributed by atoms with E-state index in [0.717, 1.165) is 5.70 Å². The minimum absolute atomic E-state index is 1.07. The Balaban J connectivity index is 0. The minimum Gasteiger partial charge on any atom is -0.267 e. The summed E-state index contributed by atoms with van der Waals surface area (Å²) in [6.07, 6.45) is 6.40. The Morgan fingerprint density at radius 2 is 1.64 bits per heavy atom. The number of hydrogen-bond acceptors (Lipinski definition) is 1. The van der Waals surface area contributed by atoms with Gasteiger partial charge in [-0.2, -0.15) is 0 Å². The van der Waals surface area contributed by atoms with Gasteiger partial charge in [0.05, 0.1) is 0 Å². The van der Waals surface area contributed by atoms with Crippen molar-refractivity contribution in [2.24, 2.45) is 4.99 Å². The van der Waals surface area contributed by atoms with Gasteiger partial charge in [0.1, 0.15) is 0 Å². The third kappa shape index (κ3) is 17.7. The van der Waals surface area contributed by atoms with Crippen LogP contribution in [0.2, 0.25) is 0 Å².